The van der Waals surface area contributed by atoms with E-state index in [1.165, 1.54) is 11.3 Å². The number of hydrogen-bond acceptors (Lipinski definition) is 4. The summed E-state index contributed by atoms with van der Waals surface area (Å²) in [5, 5.41) is 4.94. The first-order chi connectivity index (χ1) is 16.6. The molecule has 0 spiro atoms. The van der Waals surface area contributed by atoms with Gasteiger partial charge in [0.2, 0.25) is 0 Å². The number of anilines is 1. The first kappa shape index (κ1) is 22.2. The lowest BCUT2D eigenvalue weighted by Gasteiger charge is -2.37. The molecule has 172 valence electrons. The number of rotatable bonds is 5. The quantitative estimate of drug-likeness (QED) is 0.369. The van der Waals surface area contributed by atoms with Gasteiger partial charge in [-0.2, -0.15) is 5.10 Å². The van der Waals surface area contributed by atoms with Gasteiger partial charge in [-0.3, -0.25) is 0 Å². The molecule has 1 aromatic heterocycles. The Morgan fingerprint density at radius 2 is 1.50 bits per heavy atom. The van der Waals surface area contributed by atoms with Gasteiger partial charge in [-0.25, -0.2) is 4.68 Å². The number of thiocarbonyl (C=S) groups is 1. The highest BCUT2D eigenvalue weighted by atomic mass is 32.1. The molecule has 4 aromatic rings. The van der Waals surface area contributed by atoms with Gasteiger partial charge in [-0.05, 0) is 55.5 Å². The number of aryl methyl sites for hydroxylation is 1. The molecule has 0 unspecified atom stereocenters. The maximum absolute atomic E-state index is 6.04. The fraction of sp³-hybridized carbons (Fsp3) is 0.214. The summed E-state index contributed by atoms with van der Waals surface area (Å²) in [6.07, 6.45) is 2.06. The Bertz CT molecular complexity index is 1260. The maximum atomic E-state index is 6.04. The largest absolute Gasteiger partial charge is 0.497 e. The summed E-state index contributed by atoms with van der Waals surface area (Å²) in [5.41, 5.74) is 6.45. The van der Waals surface area contributed by atoms with E-state index in [9.17, 15) is 0 Å². The summed E-state index contributed by atoms with van der Waals surface area (Å²) >= 11 is 6.04. The van der Waals surface area contributed by atoms with Crippen LogP contribution < -0.4 is 9.64 Å². The molecular formula is C28H28N4OS. The zero-order chi connectivity index (χ0) is 23.5. The van der Waals surface area contributed by atoms with Crippen LogP contribution in [0.1, 0.15) is 11.1 Å². The molecule has 0 N–H and O–H groups in total. The van der Waals surface area contributed by atoms with Gasteiger partial charge in [0, 0.05) is 43.6 Å². The Hall–Kier alpha value is -3.64. The number of hydrogen-bond donors (Lipinski definition) is 0. The molecule has 5 nitrogen and oxygen atoms in total. The van der Waals surface area contributed by atoms with E-state index >= 15 is 0 Å². The summed E-state index contributed by atoms with van der Waals surface area (Å²) in [6.45, 7) is 5.76. The normalized spacial score (nSPS) is 13.7. The monoisotopic (exact) mass is 468 g/mol. The smallest absolute Gasteiger partial charge is 0.118 e. The number of piperazine rings is 1. The number of methoxy groups -OCH3 is 1. The summed E-state index contributed by atoms with van der Waals surface area (Å²) < 4.78 is 7.26. The van der Waals surface area contributed by atoms with Crippen LogP contribution in [0.2, 0.25) is 0 Å². The molecule has 5 rings (SSSR count). The minimum atomic E-state index is 0.822. The topological polar surface area (TPSA) is 33.5 Å². The third-order valence-corrected chi connectivity index (χ3v) is 6.77. The van der Waals surface area contributed by atoms with Gasteiger partial charge in [-0.15, -0.1) is 0 Å². The number of nitrogens with zero attached hydrogens (tertiary/aromatic N) is 4. The lowest BCUT2D eigenvalue weighted by molar-refractivity contribution is 0.392. The van der Waals surface area contributed by atoms with Crippen molar-refractivity contribution in [3.63, 3.8) is 0 Å². The summed E-state index contributed by atoms with van der Waals surface area (Å²) in [6, 6.07) is 26.9. The van der Waals surface area contributed by atoms with Crippen molar-refractivity contribution in [2.24, 2.45) is 0 Å². The highest BCUT2D eigenvalue weighted by molar-refractivity contribution is 7.80. The number of benzene rings is 3. The fourth-order valence-electron chi connectivity index (χ4n) is 4.30. The van der Waals surface area contributed by atoms with Crippen molar-refractivity contribution in [1.82, 2.24) is 14.7 Å². The molecule has 0 saturated carbocycles. The van der Waals surface area contributed by atoms with Gasteiger partial charge in [0.1, 0.15) is 16.4 Å². The van der Waals surface area contributed by atoms with Crippen molar-refractivity contribution in [3.05, 3.63) is 96.2 Å². The van der Waals surface area contributed by atoms with E-state index in [2.05, 4.69) is 59.3 Å². The molecule has 1 aliphatic heterocycles. The van der Waals surface area contributed by atoms with Gasteiger partial charge >= 0.3 is 0 Å². The molecular weight excluding hydrogens is 440 g/mol. The molecule has 3 aromatic carbocycles. The van der Waals surface area contributed by atoms with E-state index in [4.69, 9.17) is 22.1 Å². The maximum Gasteiger partial charge on any atom is 0.118 e. The number of aromatic nitrogens is 2. The van der Waals surface area contributed by atoms with Crippen LogP contribution in [0.15, 0.2) is 85.1 Å². The predicted molar refractivity (Wildman–Crippen MR) is 142 cm³/mol. The van der Waals surface area contributed by atoms with Crippen LogP contribution >= 0.6 is 12.2 Å². The van der Waals surface area contributed by atoms with Crippen molar-refractivity contribution in [3.8, 4) is 22.7 Å². The van der Waals surface area contributed by atoms with Crippen LogP contribution in [-0.2, 0) is 0 Å². The lowest BCUT2D eigenvalue weighted by Crippen LogP contribution is -2.48. The minimum Gasteiger partial charge on any atom is -0.497 e. The van der Waals surface area contributed by atoms with Crippen LogP contribution in [0.25, 0.3) is 16.9 Å². The summed E-state index contributed by atoms with van der Waals surface area (Å²) in [5.74, 6) is 0.822. The van der Waals surface area contributed by atoms with Crippen molar-refractivity contribution in [1.29, 1.82) is 0 Å². The van der Waals surface area contributed by atoms with Gasteiger partial charge in [-0.1, -0.05) is 48.1 Å². The van der Waals surface area contributed by atoms with Crippen LogP contribution in [-0.4, -0.2) is 53.0 Å². The lowest BCUT2D eigenvalue weighted by atomic mass is 10.1. The zero-order valence-electron chi connectivity index (χ0n) is 19.5. The minimum absolute atomic E-state index is 0.822. The number of para-hydroxylation sites is 1. The Labute approximate surface area is 206 Å². The average Bonchev–Trinajstić information content (AvgIpc) is 3.35. The van der Waals surface area contributed by atoms with E-state index in [1.54, 1.807) is 7.11 Å². The zero-order valence-corrected chi connectivity index (χ0v) is 20.3. The van der Waals surface area contributed by atoms with E-state index < -0.39 is 0 Å². The van der Waals surface area contributed by atoms with E-state index in [1.807, 2.05) is 47.1 Å². The Balaban J connectivity index is 1.42. The molecule has 1 fully saturated rings. The Morgan fingerprint density at radius 1 is 0.824 bits per heavy atom. The molecule has 1 aliphatic rings. The molecule has 0 aliphatic carbocycles. The molecule has 6 heteroatoms. The van der Waals surface area contributed by atoms with Crippen LogP contribution in [0.4, 0.5) is 5.69 Å². The van der Waals surface area contributed by atoms with Gasteiger partial charge < -0.3 is 14.5 Å². The third kappa shape index (κ3) is 4.54. The average molecular weight is 469 g/mol. The van der Waals surface area contributed by atoms with Crippen molar-refractivity contribution in [2.45, 2.75) is 6.92 Å². The van der Waals surface area contributed by atoms with E-state index in [0.717, 1.165) is 59.4 Å². The molecule has 0 bridgehead atoms. The van der Waals surface area contributed by atoms with Crippen molar-refractivity contribution >= 4 is 22.9 Å². The molecule has 34 heavy (non-hydrogen) atoms. The Kier molecular flexibility index (Phi) is 6.32. The van der Waals surface area contributed by atoms with Crippen LogP contribution in [0.3, 0.4) is 0 Å². The molecule has 1 saturated heterocycles. The van der Waals surface area contributed by atoms with Crippen LogP contribution in [0, 0.1) is 6.92 Å². The second-order valence-electron chi connectivity index (χ2n) is 8.51. The first-order valence-electron chi connectivity index (χ1n) is 11.5. The van der Waals surface area contributed by atoms with E-state index in [-0.39, 0.29) is 0 Å². The van der Waals surface area contributed by atoms with Gasteiger partial charge in [0.15, 0.2) is 0 Å². The summed E-state index contributed by atoms with van der Waals surface area (Å²) in [4.78, 5) is 5.58. The first-order valence-corrected chi connectivity index (χ1v) is 11.9. The van der Waals surface area contributed by atoms with E-state index in [0.29, 0.717) is 0 Å². The van der Waals surface area contributed by atoms with Gasteiger partial charge in [0.25, 0.3) is 0 Å². The fourth-order valence-corrected chi connectivity index (χ4v) is 4.63. The second kappa shape index (κ2) is 9.69. The van der Waals surface area contributed by atoms with Crippen molar-refractivity contribution < 1.29 is 4.74 Å². The number of ether oxygens (including phenoxy) is 1. The molecule has 0 radical (unpaired) electrons. The highest BCUT2D eigenvalue weighted by Crippen LogP contribution is 2.28. The van der Waals surface area contributed by atoms with Crippen LogP contribution in [0.5, 0.6) is 5.75 Å². The van der Waals surface area contributed by atoms with Crippen molar-refractivity contribution in [2.75, 3.05) is 38.2 Å². The molecule has 0 amide bonds. The highest BCUT2D eigenvalue weighted by Gasteiger charge is 2.24. The van der Waals surface area contributed by atoms with Gasteiger partial charge in [0.05, 0.1) is 18.4 Å². The predicted octanol–water partition coefficient (Wildman–Crippen LogP) is 5.35. The molecule has 2 heterocycles. The second-order valence-corrected chi connectivity index (χ2v) is 8.90. The molecule has 0 atom stereocenters. The standard InChI is InChI=1S/C28H28N4OS/c1-21-8-12-23(13-9-21)30-16-18-31(19-17-30)28(34)26-20-32(24-6-4-3-5-7-24)29-27(26)22-10-14-25(33-2)15-11-22/h3-15,20H,16-19H2,1-2H3. The Morgan fingerprint density at radius 3 is 2.15 bits per heavy atom. The SMILES string of the molecule is COc1ccc(-c2nn(-c3ccccc3)cc2C(=S)N2CCN(c3ccc(C)cc3)CC2)cc1. The third-order valence-electron chi connectivity index (χ3n) is 6.29. The summed E-state index contributed by atoms with van der Waals surface area (Å²) in [7, 11) is 1.68.